The molecule has 0 aliphatic rings. The topological polar surface area (TPSA) is 152 Å². The number of nitrogens with two attached hydrogens (primary N) is 1. The van der Waals surface area contributed by atoms with Gasteiger partial charge in [-0.3, -0.25) is 9.59 Å². The first-order valence-electron chi connectivity index (χ1n) is 10.9. The molecule has 3 rings (SSSR count). The number of hydrogen-bond acceptors (Lipinski definition) is 7. The molecule has 0 spiro atoms. The second-order valence-corrected chi connectivity index (χ2v) is 8.56. The SMILES string of the molecule is CC(C)CC(NCc1ccc(C(N=N)C(=O)c2ccc(O)c(C#N)c2)c2ccccc12)C(N)=O. The zero-order valence-corrected chi connectivity index (χ0v) is 19.1. The lowest BCUT2D eigenvalue weighted by Gasteiger charge is -2.19. The van der Waals surface area contributed by atoms with Crippen molar-refractivity contribution in [1.29, 1.82) is 10.8 Å². The van der Waals surface area contributed by atoms with Gasteiger partial charge in [0.2, 0.25) is 5.91 Å². The number of ketones is 1. The van der Waals surface area contributed by atoms with E-state index >= 15 is 0 Å². The first-order valence-corrected chi connectivity index (χ1v) is 10.9. The van der Waals surface area contributed by atoms with Crippen molar-refractivity contribution in [1.82, 2.24) is 5.32 Å². The average molecular weight is 458 g/mol. The maximum absolute atomic E-state index is 13.2. The molecular formula is C26H27N5O3. The first kappa shape index (κ1) is 24.6. The third kappa shape index (κ3) is 5.27. The molecule has 0 fully saturated rings. The summed E-state index contributed by atoms with van der Waals surface area (Å²) in [5.41, 5.74) is 14.9. The molecule has 0 bridgehead atoms. The van der Waals surface area contributed by atoms with E-state index in [0.29, 0.717) is 24.4 Å². The number of fused-ring (bicyclic) bond motifs is 1. The molecule has 34 heavy (non-hydrogen) atoms. The van der Waals surface area contributed by atoms with Gasteiger partial charge in [0.05, 0.1) is 11.6 Å². The number of nitrogens with zero attached hydrogens (tertiary/aromatic N) is 2. The molecule has 0 heterocycles. The highest BCUT2D eigenvalue weighted by atomic mass is 16.3. The number of nitriles is 1. The van der Waals surface area contributed by atoms with Crippen LogP contribution in [0.1, 0.15) is 53.4 Å². The predicted molar refractivity (Wildman–Crippen MR) is 128 cm³/mol. The lowest BCUT2D eigenvalue weighted by Crippen LogP contribution is -2.41. The van der Waals surface area contributed by atoms with Gasteiger partial charge >= 0.3 is 0 Å². The van der Waals surface area contributed by atoms with E-state index in [-0.39, 0.29) is 16.9 Å². The van der Waals surface area contributed by atoms with Crippen LogP contribution in [0.3, 0.4) is 0 Å². The molecule has 3 aromatic carbocycles. The fourth-order valence-corrected chi connectivity index (χ4v) is 3.99. The Morgan fingerprint density at radius 1 is 1.15 bits per heavy atom. The summed E-state index contributed by atoms with van der Waals surface area (Å²) in [6.07, 6.45) is 0.622. The van der Waals surface area contributed by atoms with E-state index in [1.54, 1.807) is 6.07 Å². The maximum atomic E-state index is 13.2. The minimum Gasteiger partial charge on any atom is -0.507 e. The molecule has 2 unspecified atom stereocenters. The van der Waals surface area contributed by atoms with E-state index in [1.807, 2.05) is 50.2 Å². The summed E-state index contributed by atoms with van der Waals surface area (Å²) in [5, 5.41) is 27.4. The van der Waals surface area contributed by atoms with Gasteiger partial charge in [0, 0.05) is 12.1 Å². The standard InChI is InChI=1S/C26H27N5O3/c1-15(2)11-22(26(28)34)30-14-17-7-9-21(20-6-4-3-5-19(17)20)24(31-29)25(33)16-8-10-23(32)18(12-16)13-27/h3-10,12,15,22,24,29-30,32H,11,14H2,1-2H3,(H2,28,34). The number of hydrogen-bond donors (Lipinski definition) is 4. The molecule has 1 amide bonds. The van der Waals surface area contributed by atoms with Gasteiger partial charge in [0.1, 0.15) is 11.8 Å². The van der Waals surface area contributed by atoms with Crippen molar-refractivity contribution in [3.05, 3.63) is 76.9 Å². The van der Waals surface area contributed by atoms with E-state index in [0.717, 1.165) is 16.3 Å². The lowest BCUT2D eigenvalue weighted by molar-refractivity contribution is -0.120. The molecule has 0 saturated carbocycles. The fourth-order valence-electron chi connectivity index (χ4n) is 3.99. The van der Waals surface area contributed by atoms with Gasteiger partial charge in [-0.1, -0.05) is 50.2 Å². The van der Waals surface area contributed by atoms with Gasteiger partial charge in [0.15, 0.2) is 11.8 Å². The van der Waals surface area contributed by atoms with Gasteiger partial charge in [-0.2, -0.15) is 10.4 Å². The number of carbonyl (C=O) groups is 2. The monoisotopic (exact) mass is 457 g/mol. The van der Waals surface area contributed by atoms with Gasteiger partial charge in [-0.15, -0.1) is 0 Å². The number of phenolic OH excluding ortho intramolecular Hbond substituents is 1. The first-order chi connectivity index (χ1) is 16.3. The second-order valence-electron chi connectivity index (χ2n) is 8.56. The maximum Gasteiger partial charge on any atom is 0.234 e. The van der Waals surface area contributed by atoms with E-state index in [1.165, 1.54) is 18.2 Å². The smallest absolute Gasteiger partial charge is 0.234 e. The number of Topliss-reactive ketones (excluding diaryl/α,β-unsaturated/α-hetero) is 1. The highest BCUT2D eigenvalue weighted by molar-refractivity contribution is 6.04. The van der Waals surface area contributed by atoms with Gasteiger partial charge in [-0.05, 0) is 52.4 Å². The highest BCUT2D eigenvalue weighted by Crippen LogP contribution is 2.32. The summed E-state index contributed by atoms with van der Waals surface area (Å²) in [6, 6.07) is 15.4. The van der Waals surface area contributed by atoms with Gasteiger partial charge in [-0.25, -0.2) is 5.53 Å². The Morgan fingerprint density at radius 2 is 1.85 bits per heavy atom. The number of aromatic hydroxyl groups is 1. The summed E-state index contributed by atoms with van der Waals surface area (Å²) < 4.78 is 0. The Labute approximate surface area is 197 Å². The predicted octanol–water partition coefficient (Wildman–Crippen LogP) is 4.36. The van der Waals surface area contributed by atoms with Crippen LogP contribution in [0, 0.1) is 22.8 Å². The highest BCUT2D eigenvalue weighted by Gasteiger charge is 2.25. The molecular weight excluding hydrogens is 430 g/mol. The summed E-state index contributed by atoms with van der Waals surface area (Å²) in [5.74, 6) is -0.768. The molecule has 0 aromatic heterocycles. The quantitative estimate of drug-likeness (QED) is 0.263. The minimum absolute atomic E-state index is 0.0220. The van der Waals surface area contributed by atoms with Crippen molar-refractivity contribution in [2.45, 2.75) is 38.9 Å². The van der Waals surface area contributed by atoms with E-state index in [9.17, 15) is 14.7 Å². The van der Waals surface area contributed by atoms with Crippen LogP contribution in [-0.4, -0.2) is 22.8 Å². The summed E-state index contributed by atoms with van der Waals surface area (Å²) in [4.78, 5) is 25.0. The molecule has 0 radical (unpaired) electrons. The number of benzene rings is 3. The zero-order chi connectivity index (χ0) is 24.8. The average Bonchev–Trinajstić information content (AvgIpc) is 2.82. The van der Waals surface area contributed by atoms with Crippen LogP contribution >= 0.6 is 0 Å². The number of carbonyl (C=O) groups excluding carboxylic acids is 2. The molecule has 0 saturated heterocycles. The van der Waals surface area contributed by atoms with Crippen LogP contribution < -0.4 is 11.1 Å². The molecule has 8 nitrogen and oxygen atoms in total. The fraction of sp³-hybridized carbons (Fsp3) is 0.269. The lowest BCUT2D eigenvalue weighted by atomic mass is 9.91. The normalized spacial score (nSPS) is 12.8. The number of primary amides is 1. The summed E-state index contributed by atoms with van der Waals surface area (Å²) >= 11 is 0. The second kappa shape index (κ2) is 10.7. The molecule has 3 aromatic rings. The summed E-state index contributed by atoms with van der Waals surface area (Å²) in [6.45, 7) is 4.45. The number of phenols is 1. The molecule has 0 aliphatic carbocycles. The van der Waals surface area contributed by atoms with Crippen LogP contribution in [0.4, 0.5) is 0 Å². The third-order valence-electron chi connectivity index (χ3n) is 5.71. The largest absolute Gasteiger partial charge is 0.507 e. The number of nitrogens with one attached hydrogen (secondary N) is 2. The molecule has 2 atom stereocenters. The van der Waals surface area contributed by atoms with Crippen molar-refractivity contribution in [3.63, 3.8) is 0 Å². The third-order valence-corrected chi connectivity index (χ3v) is 5.71. The van der Waals surface area contributed by atoms with Crippen molar-refractivity contribution in [2.75, 3.05) is 0 Å². The van der Waals surface area contributed by atoms with Gasteiger partial charge in [0.25, 0.3) is 0 Å². The Hall–Kier alpha value is -4.09. The molecule has 8 heteroatoms. The van der Waals surface area contributed by atoms with Crippen LogP contribution in [-0.2, 0) is 11.3 Å². The summed E-state index contributed by atoms with van der Waals surface area (Å²) in [7, 11) is 0. The Balaban J connectivity index is 1.97. The van der Waals surface area contributed by atoms with E-state index in [2.05, 4.69) is 10.4 Å². The number of rotatable bonds is 10. The Kier molecular flexibility index (Phi) is 7.71. The molecule has 5 N–H and O–H groups in total. The van der Waals surface area contributed by atoms with Crippen molar-refractivity contribution in [2.24, 2.45) is 16.8 Å². The minimum atomic E-state index is -1.11. The Morgan fingerprint density at radius 3 is 2.47 bits per heavy atom. The van der Waals surface area contributed by atoms with Crippen LogP contribution in [0.2, 0.25) is 0 Å². The van der Waals surface area contributed by atoms with Crippen molar-refractivity contribution < 1.29 is 14.7 Å². The molecule has 0 aliphatic heterocycles. The number of amides is 1. The van der Waals surface area contributed by atoms with Crippen LogP contribution in [0.15, 0.2) is 59.7 Å². The van der Waals surface area contributed by atoms with Crippen LogP contribution in [0.5, 0.6) is 5.75 Å². The van der Waals surface area contributed by atoms with Crippen LogP contribution in [0.25, 0.3) is 10.8 Å². The van der Waals surface area contributed by atoms with E-state index < -0.39 is 23.8 Å². The van der Waals surface area contributed by atoms with Gasteiger partial charge < -0.3 is 16.2 Å². The van der Waals surface area contributed by atoms with Crippen molar-refractivity contribution >= 4 is 22.5 Å². The van der Waals surface area contributed by atoms with Crippen molar-refractivity contribution in [3.8, 4) is 11.8 Å². The van der Waals surface area contributed by atoms with E-state index in [4.69, 9.17) is 16.5 Å². The molecule has 174 valence electrons. The Bertz CT molecular complexity index is 1280. The zero-order valence-electron chi connectivity index (χ0n) is 19.1.